The van der Waals surface area contributed by atoms with E-state index in [4.69, 9.17) is 9.26 Å². The fraction of sp³-hybridized carbons (Fsp3) is 0.261. The number of thiophene rings is 1. The zero-order chi connectivity index (χ0) is 22.8. The van der Waals surface area contributed by atoms with Gasteiger partial charge in [0.05, 0.1) is 22.0 Å². The highest BCUT2D eigenvalue weighted by molar-refractivity contribution is 7.13. The lowest BCUT2D eigenvalue weighted by Gasteiger charge is -2.17. The van der Waals surface area contributed by atoms with Crippen LogP contribution in [-0.2, 0) is 27.2 Å². The van der Waals surface area contributed by atoms with Crippen molar-refractivity contribution >= 4 is 40.2 Å². The maximum absolute atomic E-state index is 12.7. The van der Waals surface area contributed by atoms with Gasteiger partial charge in [-0.1, -0.05) is 17.3 Å². The number of benzene rings is 1. The molecule has 4 heterocycles. The molecule has 1 aromatic carbocycles. The number of carbonyl (C=O) groups excluding carboxylic acids is 2. The van der Waals surface area contributed by atoms with Gasteiger partial charge in [-0.2, -0.15) is 4.98 Å². The maximum Gasteiger partial charge on any atom is 0.306 e. The molecule has 0 radical (unpaired) electrons. The first-order valence-electron chi connectivity index (χ1n) is 10.4. The predicted octanol–water partition coefficient (Wildman–Crippen LogP) is 4.30. The number of rotatable bonds is 7. The van der Waals surface area contributed by atoms with Crippen molar-refractivity contribution in [3.8, 4) is 22.0 Å². The van der Waals surface area contributed by atoms with Crippen LogP contribution in [0.1, 0.15) is 22.9 Å². The Kier molecular flexibility index (Phi) is 6.01. The molecule has 168 valence electrons. The van der Waals surface area contributed by atoms with Gasteiger partial charge in [-0.3, -0.25) is 9.59 Å². The van der Waals surface area contributed by atoms with Crippen molar-refractivity contribution in [3.05, 3.63) is 57.6 Å². The number of esters is 1. The Bertz CT molecular complexity index is 1300. The molecule has 0 N–H and O–H groups in total. The SMILES string of the molecule is Cc1nc(-c2ccc3c(c2)CCN3C(=O)COC(=O)CCc2nc(-c3cccs3)no2)cs1. The molecule has 10 heteroatoms. The van der Waals surface area contributed by atoms with Gasteiger partial charge in [0.2, 0.25) is 11.7 Å². The smallest absolute Gasteiger partial charge is 0.306 e. The summed E-state index contributed by atoms with van der Waals surface area (Å²) in [6.07, 6.45) is 1.08. The Morgan fingerprint density at radius 3 is 2.91 bits per heavy atom. The van der Waals surface area contributed by atoms with Crippen LogP contribution < -0.4 is 4.90 Å². The van der Waals surface area contributed by atoms with E-state index in [0.717, 1.165) is 38.8 Å². The number of aryl methyl sites for hydroxylation is 2. The molecule has 4 aromatic rings. The standard InChI is InChI=1S/C23H20N4O4S2/c1-14-24-17(13-33-14)15-4-5-18-16(11-15)8-9-27(18)21(28)12-30-22(29)7-6-20-25-23(26-31-20)19-3-2-10-32-19/h2-5,10-11,13H,6-9,12H2,1H3. The Hall–Kier alpha value is -3.37. The van der Waals surface area contributed by atoms with Gasteiger partial charge < -0.3 is 14.2 Å². The second-order valence-corrected chi connectivity index (χ2v) is 9.55. The highest BCUT2D eigenvalue weighted by Crippen LogP contribution is 2.32. The fourth-order valence-corrected chi connectivity index (χ4v) is 4.95. The third-order valence-electron chi connectivity index (χ3n) is 5.30. The fourth-order valence-electron chi connectivity index (χ4n) is 3.68. The molecule has 0 bridgehead atoms. The van der Waals surface area contributed by atoms with Gasteiger partial charge in [0, 0.05) is 29.6 Å². The molecule has 0 fully saturated rings. The van der Waals surface area contributed by atoms with Crippen LogP contribution in [0.4, 0.5) is 5.69 Å². The summed E-state index contributed by atoms with van der Waals surface area (Å²) in [6.45, 7) is 2.25. The van der Waals surface area contributed by atoms with Gasteiger partial charge >= 0.3 is 5.97 Å². The van der Waals surface area contributed by atoms with Crippen molar-refractivity contribution < 1.29 is 18.8 Å². The van der Waals surface area contributed by atoms with E-state index >= 15 is 0 Å². The number of hydrogen-bond acceptors (Lipinski definition) is 9. The molecular weight excluding hydrogens is 460 g/mol. The third-order valence-corrected chi connectivity index (χ3v) is 6.94. The molecule has 33 heavy (non-hydrogen) atoms. The first kappa shape index (κ1) is 21.5. The first-order chi connectivity index (χ1) is 16.1. The molecule has 1 amide bonds. The van der Waals surface area contributed by atoms with Gasteiger partial charge in [0.15, 0.2) is 6.61 Å². The predicted molar refractivity (Wildman–Crippen MR) is 125 cm³/mol. The van der Waals surface area contributed by atoms with Gasteiger partial charge in [-0.05, 0) is 42.5 Å². The number of fused-ring (bicyclic) bond motifs is 1. The van der Waals surface area contributed by atoms with Crippen molar-refractivity contribution in [2.24, 2.45) is 0 Å². The van der Waals surface area contributed by atoms with Gasteiger partial charge in [0.1, 0.15) is 0 Å². The molecule has 0 unspecified atom stereocenters. The summed E-state index contributed by atoms with van der Waals surface area (Å²) in [5.74, 6) is 0.149. The number of amides is 1. The molecule has 1 aliphatic rings. The van der Waals surface area contributed by atoms with Gasteiger partial charge in [0.25, 0.3) is 5.91 Å². The highest BCUT2D eigenvalue weighted by Gasteiger charge is 2.26. The minimum absolute atomic E-state index is 0.0619. The third kappa shape index (κ3) is 4.71. The topological polar surface area (TPSA) is 98.4 Å². The normalized spacial score (nSPS) is 12.7. The van der Waals surface area contributed by atoms with E-state index in [0.29, 0.717) is 18.3 Å². The monoisotopic (exact) mass is 480 g/mol. The molecule has 5 rings (SSSR count). The van der Waals surface area contributed by atoms with Gasteiger partial charge in [-0.15, -0.1) is 22.7 Å². The van der Waals surface area contributed by atoms with Crippen LogP contribution >= 0.6 is 22.7 Å². The van der Waals surface area contributed by atoms with Crippen LogP contribution in [0.15, 0.2) is 45.6 Å². The van der Waals surface area contributed by atoms with E-state index in [9.17, 15) is 9.59 Å². The van der Waals surface area contributed by atoms with Crippen molar-refractivity contribution in [3.63, 3.8) is 0 Å². The van der Waals surface area contributed by atoms with E-state index in [1.54, 1.807) is 16.2 Å². The van der Waals surface area contributed by atoms with E-state index in [-0.39, 0.29) is 25.4 Å². The van der Waals surface area contributed by atoms with E-state index in [1.165, 1.54) is 11.3 Å². The van der Waals surface area contributed by atoms with Crippen molar-refractivity contribution in [2.45, 2.75) is 26.2 Å². The minimum atomic E-state index is -0.479. The number of hydrogen-bond donors (Lipinski definition) is 0. The lowest BCUT2D eigenvalue weighted by Crippen LogP contribution is -2.33. The Balaban J connectivity index is 1.13. The number of anilines is 1. The Morgan fingerprint density at radius 1 is 1.21 bits per heavy atom. The average molecular weight is 481 g/mol. The van der Waals surface area contributed by atoms with Crippen LogP contribution in [0.3, 0.4) is 0 Å². The van der Waals surface area contributed by atoms with Gasteiger partial charge in [-0.25, -0.2) is 4.98 Å². The second kappa shape index (κ2) is 9.24. The number of thiazole rings is 1. The lowest BCUT2D eigenvalue weighted by atomic mass is 10.1. The summed E-state index contributed by atoms with van der Waals surface area (Å²) in [6, 6.07) is 9.80. The van der Waals surface area contributed by atoms with E-state index < -0.39 is 5.97 Å². The number of nitrogens with zero attached hydrogens (tertiary/aromatic N) is 4. The summed E-state index contributed by atoms with van der Waals surface area (Å²) in [7, 11) is 0. The molecule has 1 aliphatic heterocycles. The molecule has 3 aromatic heterocycles. The summed E-state index contributed by atoms with van der Waals surface area (Å²) >= 11 is 3.12. The largest absolute Gasteiger partial charge is 0.456 e. The van der Waals surface area contributed by atoms with Crippen LogP contribution in [0.25, 0.3) is 22.0 Å². The average Bonchev–Trinajstić information content (AvgIpc) is 3.61. The van der Waals surface area contributed by atoms with Crippen molar-refractivity contribution in [1.82, 2.24) is 15.1 Å². The molecule has 0 atom stereocenters. The number of aromatic nitrogens is 3. The van der Waals surface area contributed by atoms with Crippen LogP contribution in [-0.4, -0.2) is 40.2 Å². The molecule has 0 spiro atoms. The molecular formula is C23H20N4O4S2. The Labute approximate surface area is 197 Å². The summed E-state index contributed by atoms with van der Waals surface area (Å²) < 4.78 is 10.4. The quantitative estimate of drug-likeness (QED) is 0.364. The molecule has 0 aliphatic carbocycles. The van der Waals surface area contributed by atoms with Crippen LogP contribution in [0, 0.1) is 6.92 Å². The Morgan fingerprint density at radius 2 is 2.12 bits per heavy atom. The number of carbonyl (C=O) groups is 2. The zero-order valence-corrected chi connectivity index (χ0v) is 19.4. The summed E-state index contributed by atoms with van der Waals surface area (Å²) in [4.78, 5) is 36.2. The molecule has 0 saturated heterocycles. The lowest BCUT2D eigenvalue weighted by molar-refractivity contribution is -0.147. The first-order valence-corrected chi connectivity index (χ1v) is 12.2. The molecule has 8 nitrogen and oxygen atoms in total. The molecule has 0 saturated carbocycles. The van der Waals surface area contributed by atoms with Crippen molar-refractivity contribution in [1.29, 1.82) is 0 Å². The van der Waals surface area contributed by atoms with E-state index in [2.05, 4.69) is 21.2 Å². The zero-order valence-electron chi connectivity index (χ0n) is 17.8. The minimum Gasteiger partial charge on any atom is -0.456 e. The van der Waals surface area contributed by atoms with Crippen LogP contribution in [0.2, 0.25) is 0 Å². The van der Waals surface area contributed by atoms with Crippen molar-refractivity contribution in [2.75, 3.05) is 18.1 Å². The summed E-state index contributed by atoms with van der Waals surface area (Å²) in [5.41, 5.74) is 3.94. The maximum atomic E-state index is 12.7. The second-order valence-electron chi connectivity index (χ2n) is 7.54. The highest BCUT2D eigenvalue weighted by atomic mass is 32.1. The summed E-state index contributed by atoms with van der Waals surface area (Å²) in [5, 5.41) is 8.90. The number of ether oxygens (including phenoxy) is 1. The van der Waals surface area contributed by atoms with Crippen LogP contribution in [0.5, 0.6) is 0 Å². The van der Waals surface area contributed by atoms with E-state index in [1.807, 2.05) is 41.9 Å².